The molecule has 96 valence electrons. The first kappa shape index (κ1) is 12.8. The average molecular weight is 267 g/mol. The fourth-order valence-corrected chi connectivity index (χ4v) is 1.67. The van der Waals surface area contributed by atoms with Crippen LogP contribution < -0.4 is 5.32 Å². The molecular formula is C12H15ClN4O. The third-order valence-corrected chi connectivity index (χ3v) is 2.77. The molecule has 5 nitrogen and oxygen atoms in total. The van der Waals surface area contributed by atoms with Gasteiger partial charge in [0.2, 0.25) is 11.9 Å². The van der Waals surface area contributed by atoms with Gasteiger partial charge in [-0.05, 0) is 13.0 Å². The van der Waals surface area contributed by atoms with E-state index in [-0.39, 0.29) is 11.9 Å². The molecule has 0 aliphatic carbocycles. The Balaban J connectivity index is 2.38. The zero-order valence-corrected chi connectivity index (χ0v) is 11.5. The normalized spacial score (nSPS) is 11.8. The Morgan fingerprint density at radius 1 is 1.39 bits per heavy atom. The number of H-pyrrole nitrogens is 1. The molecule has 6 heteroatoms. The summed E-state index contributed by atoms with van der Waals surface area (Å²) in [4.78, 5) is 23.2. The van der Waals surface area contributed by atoms with Gasteiger partial charge in [0.05, 0.1) is 5.39 Å². The molecule has 0 spiro atoms. The van der Waals surface area contributed by atoms with Crippen molar-refractivity contribution < 1.29 is 4.79 Å². The summed E-state index contributed by atoms with van der Waals surface area (Å²) < 4.78 is 0. The molecule has 2 aromatic heterocycles. The lowest BCUT2D eigenvalue weighted by atomic mass is 9.96. The Labute approximate surface area is 110 Å². The minimum atomic E-state index is -0.504. The highest BCUT2D eigenvalue weighted by Crippen LogP contribution is 2.23. The van der Waals surface area contributed by atoms with E-state index in [1.54, 1.807) is 0 Å². The summed E-state index contributed by atoms with van der Waals surface area (Å²) >= 11 is 6.05. The van der Waals surface area contributed by atoms with Crippen LogP contribution >= 0.6 is 11.6 Å². The zero-order chi connectivity index (χ0) is 13.5. The van der Waals surface area contributed by atoms with Crippen molar-refractivity contribution in [3.8, 4) is 0 Å². The van der Waals surface area contributed by atoms with Crippen LogP contribution in [0.15, 0.2) is 6.07 Å². The number of carbonyl (C=O) groups is 1. The van der Waals surface area contributed by atoms with Crippen LogP contribution in [0.25, 0.3) is 11.0 Å². The summed E-state index contributed by atoms with van der Waals surface area (Å²) in [5, 5.41) is 3.74. The largest absolute Gasteiger partial charge is 0.343 e. The maximum absolute atomic E-state index is 11.8. The number of hydrogen-bond donors (Lipinski definition) is 2. The van der Waals surface area contributed by atoms with Crippen LogP contribution in [0.5, 0.6) is 0 Å². The number of halogens is 1. The SMILES string of the molecule is Cc1cc2c(Cl)nc(NC(=O)C(C)(C)C)nc2[nH]1. The van der Waals surface area contributed by atoms with E-state index < -0.39 is 5.41 Å². The van der Waals surface area contributed by atoms with Crippen molar-refractivity contribution in [1.82, 2.24) is 15.0 Å². The Kier molecular flexibility index (Phi) is 3.02. The molecule has 2 heterocycles. The van der Waals surface area contributed by atoms with Gasteiger partial charge in [-0.25, -0.2) is 0 Å². The summed E-state index contributed by atoms with van der Waals surface area (Å²) in [6.45, 7) is 7.37. The molecule has 1 amide bonds. The number of aromatic nitrogens is 3. The molecule has 0 aliphatic heterocycles. The van der Waals surface area contributed by atoms with Crippen LogP contribution in [0.4, 0.5) is 5.95 Å². The Morgan fingerprint density at radius 3 is 2.67 bits per heavy atom. The quantitative estimate of drug-likeness (QED) is 0.780. The topological polar surface area (TPSA) is 70.7 Å². The number of amides is 1. The van der Waals surface area contributed by atoms with Gasteiger partial charge in [-0.15, -0.1) is 0 Å². The van der Waals surface area contributed by atoms with E-state index in [2.05, 4.69) is 20.3 Å². The van der Waals surface area contributed by atoms with Gasteiger partial charge in [0.25, 0.3) is 0 Å². The van der Waals surface area contributed by atoms with E-state index in [1.807, 2.05) is 33.8 Å². The number of rotatable bonds is 1. The highest BCUT2D eigenvalue weighted by Gasteiger charge is 2.22. The van der Waals surface area contributed by atoms with E-state index in [0.29, 0.717) is 10.8 Å². The van der Waals surface area contributed by atoms with Crippen LogP contribution in [0, 0.1) is 12.3 Å². The van der Waals surface area contributed by atoms with Crippen molar-refractivity contribution in [3.63, 3.8) is 0 Å². The van der Waals surface area contributed by atoms with Gasteiger partial charge >= 0.3 is 0 Å². The minimum Gasteiger partial charge on any atom is -0.343 e. The van der Waals surface area contributed by atoms with Crippen molar-refractivity contribution in [2.24, 2.45) is 5.41 Å². The van der Waals surface area contributed by atoms with Gasteiger partial charge in [0, 0.05) is 11.1 Å². The summed E-state index contributed by atoms with van der Waals surface area (Å²) in [6, 6.07) is 1.87. The molecule has 2 rings (SSSR count). The van der Waals surface area contributed by atoms with Crippen LogP contribution in [0.1, 0.15) is 26.5 Å². The van der Waals surface area contributed by atoms with E-state index in [4.69, 9.17) is 11.6 Å². The van der Waals surface area contributed by atoms with Crippen molar-refractivity contribution in [2.45, 2.75) is 27.7 Å². The second kappa shape index (κ2) is 4.24. The standard InChI is InChI=1S/C12H15ClN4O/c1-6-5-7-8(13)15-11(16-9(7)14-6)17-10(18)12(2,3)4/h5H,1-4H3,(H2,14,15,16,17,18). The van der Waals surface area contributed by atoms with E-state index >= 15 is 0 Å². The lowest BCUT2D eigenvalue weighted by Gasteiger charge is -2.16. The number of nitrogens with one attached hydrogen (secondary N) is 2. The molecule has 0 atom stereocenters. The number of nitrogens with zero attached hydrogens (tertiary/aromatic N) is 2. The number of anilines is 1. The predicted molar refractivity (Wildman–Crippen MR) is 71.7 cm³/mol. The number of fused-ring (bicyclic) bond motifs is 1. The summed E-state index contributed by atoms with van der Waals surface area (Å²) in [7, 11) is 0. The van der Waals surface area contributed by atoms with Gasteiger partial charge in [0.15, 0.2) is 0 Å². The van der Waals surface area contributed by atoms with Crippen LogP contribution in [0.3, 0.4) is 0 Å². The lowest BCUT2D eigenvalue weighted by molar-refractivity contribution is -0.123. The Morgan fingerprint density at radius 2 is 2.06 bits per heavy atom. The average Bonchev–Trinajstić information content (AvgIpc) is 2.57. The van der Waals surface area contributed by atoms with Crippen molar-refractivity contribution in [1.29, 1.82) is 0 Å². The van der Waals surface area contributed by atoms with Gasteiger partial charge in [-0.1, -0.05) is 32.4 Å². The van der Waals surface area contributed by atoms with Gasteiger partial charge in [-0.2, -0.15) is 9.97 Å². The minimum absolute atomic E-state index is 0.152. The predicted octanol–water partition coefficient (Wildman–Crippen LogP) is 2.90. The monoisotopic (exact) mass is 266 g/mol. The van der Waals surface area contributed by atoms with Crippen LogP contribution in [0.2, 0.25) is 5.15 Å². The zero-order valence-electron chi connectivity index (χ0n) is 10.8. The molecule has 0 aliphatic rings. The summed E-state index contributed by atoms with van der Waals surface area (Å²) in [6.07, 6.45) is 0. The van der Waals surface area contributed by atoms with Crippen molar-refractivity contribution in [2.75, 3.05) is 5.32 Å². The molecule has 2 N–H and O–H groups in total. The highest BCUT2D eigenvalue weighted by molar-refractivity contribution is 6.34. The van der Waals surface area contributed by atoms with E-state index in [9.17, 15) is 4.79 Å². The van der Waals surface area contributed by atoms with Crippen LogP contribution in [-0.4, -0.2) is 20.9 Å². The second-order valence-electron chi connectivity index (χ2n) is 5.26. The molecule has 0 saturated carbocycles. The van der Waals surface area contributed by atoms with Gasteiger partial charge in [0.1, 0.15) is 10.8 Å². The van der Waals surface area contributed by atoms with Gasteiger partial charge in [-0.3, -0.25) is 10.1 Å². The first-order valence-corrected chi connectivity index (χ1v) is 5.99. The summed E-state index contributed by atoms with van der Waals surface area (Å²) in [5.41, 5.74) is 1.06. The third-order valence-electron chi connectivity index (χ3n) is 2.48. The maximum atomic E-state index is 11.8. The molecule has 0 radical (unpaired) electrons. The van der Waals surface area contributed by atoms with E-state index in [0.717, 1.165) is 11.1 Å². The van der Waals surface area contributed by atoms with Crippen molar-refractivity contribution >= 4 is 34.5 Å². The number of hydrogen-bond acceptors (Lipinski definition) is 3. The second-order valence-corrected chi connectivity index (χ2v) is 5.61. The lowest BCUT2D eigenvalue weighted by Crippen LogP contribution is -2.28. The maximum Gasteiger partial charge on any atom is 0.232 e. The van der Waals surface area contributed by atoms with Gasteiger partial charge < -0.3 is 4.98 Å². The van der Waals surface area contributed by atoms with E-state index in [1.165, 1.54) is 0 Å². The third kappa shape index (κ3) is 2.46. The first-order chi connectivity index (χ1) is 8.27. The number of aryl methyl sites for hydroxylation is 1. The molecule has 0 bridgehead atoms. The van der Waals surface area contributed by atoms with Crippen LogP contribution in [-0.2, 0) is 4.79 Å². The smallest absolute Gasteiger partial charge is 0.232 e. The molecule has 0 unspecified atom stereocenters. The number of carbonyl (C=O) groups excluding carboxylic acids is 1. The molecule has 0 saturated heterocycles. The fourth-order valence-electron chi connectivity index (χ4n) is 1.45. The summed E-state index contributed by atoms with van der Waals surface area (Å²) in [5.74, 6) is 0.0652. The molecular weight excluding hydrogens is 252 g/mol. The first-order valence-electron chi connectivity index (χ1n) is 5.61. The fraction of sp³-hybridized carbons (Fsp3) is 0.417. The molecule has 0 fully saturated rings. The Hall–Kier alpha value is -1.62. The molecule has 0 aromatic carbocycles. The van der Waals surface area contributed by atoms with Crippen molar-refractivity contribution in [3.05, 3.63) is 16.9 Å². The molecule has 18 heavy (non-hydrogen) atoms. The number of aromatic amines is 1. The highest BCUT2D eigenvalue weighted by atomic mass is 35.5. The molecule has 2 aromatic rings. The Bertz CT molecular complexity index is 612.